The molecule has 26 heavy (non-hydrogen) atoms. The summed E-state index contributed by atoms with van der Waals surface area (Å²) < 4.78 is 7.77. The van der Waals surface area contributed by atoms with Crippen molar-refractivity contribution in [1.29, 1.82) is 0 Å². The maximum atomic E-state index is 11.4. The number of nitrogens with one attached hydrogen (secondary N) is 1. The molecule has 6 nitrogen and oxygen atoms in total. The van der Waals surface area contributed by atoms with Gasteiger partial charge in [0.05, 0.1) is 18.7 Å². The van der Waals surface area contributed by atoms with Crippen LogP contribution in [0, 0.1) is 0 Å². The SMILES string of the molecule is CCCCc1cn(CCCCCCOc2ccc3c(c2)CC(=O)N3)nn1. The molecule has 1 aromatic heterocycles. The molecule has 0 radical (unpaired) electrons. The third kappa shape index (κ3) is 5.31. The van der Waals surface area contributed by atoms with Gasteiger partial charge in [-0.3, -0.25) is 9.48 Å². The number of hydrogen-bond donors (Lipinski definition) is 1. The summed E-state index contributed by atoms with van der Waals surface area (Å²) in [4.78, 5) is 11.4. The highest BCUT2D eigenvalue weighted by molar-refractivity contribution is 5.99. The van der Waals surface area contributed by atoms with Crippen LogP contribution in [0.4, 0.5) is 5.69 Å². The smallest absolute Gasteiger partial charge is 0.228 e. The van der Waals surface area contributed by atoms with E-state index in [1.165, 1.54) is 12.8 Å². The fraction of sp³-hybridized carbons (Fsp3) is 0.550. The van der Waals surface area contributed by atoms with E-state index >= 15 is 0 Å². The molecule has 1 aromatic carbocycles. The van der Waals surface area contributed by atoms with Gasteiger partial charge >= 0.3 is 0 Å². The number of hydrogen-bond acceptors (Lipinski definition) is 4. The minimum atomic E-state index is 0.0574. The lowest BCUT2D eigenvalue weighted by atomic mass is 10.1. The molecule has 140 valence electrons. The molecule has 0 spiro atoms. The zero-order valence-corrected chi connectivity index (χ0v) is 15.5. The van der Waals surface area contributed by atoms with Crippen LogP contribution in [0.15, 0.2) is 24.4 Å². The van der Waals surface area contributed by atoms with Crippen molar-refractivity contribution in [2.45, 2.75) is 64.8 Å². The Morgan fingerprint density at radius 2 is 2.08 bits per heavy atom. The number of aryl methyl sites for hydroxylation is 2. The summed E-state index contributed by atoms with van der Waals surface area (Å²) in [5.41, 5.74) is 3.04. The average molecular weight is 356 g/mol. The highest BCUT2D eigenvalue weighted by atomic mass is 16.5. The number of benzene rings is 1. The Bertz CT molecular complexity index is 726. The van der Waals surface area contributed by atoms with E-state index in [0.717, 1.165) is 61.3 Å². The van der Waals surface area contributed by atoms with Crippen LogP contribution in [0.5, 0.6) is 5.75 Å². The molecule has 6 heteroatoms. The van der Waals surface area contributed by atoms with E-state index in [-0.39, 0.29) is 5.91 Å². The van der Waals surface area contributed by atoms with Gasteiger partial charge in [-0.05, 0) is 55.9 Å². The van der Waals surface area contributed by atoms with Crippen molar-refractivity contribution in [3.05, 3.63) is 35.7 Å². The number of nitrogens with zero attached hydrogens (tertiary/aromatic N) is 3. The molecule has 0 unspecified atom stereocenters. The first-order valence-electron chi connectivity index (χ1n) is 9.69. The number of rotatable bonds is 11. The van der Waals surface area contributed by atoms with E-state index in [9.17, 15) is 4.79 Å². The quantitative estimate of drug-likeness (QED) is 0.623. The van der Waals surface area contributed by atoms with Crippen LogP contribution < -0.4 is 10.1 Å². The number of anilines is 1. The van der Waals surface area contributed by atoms with Gasteiger partial charge in [-0.25, -0.2) is 0 Å². The van der Waals surface area contributed by atoms with Gasteiger partial charge < -0.3 is 10.1 Å². The zero-order chi connectivity index (χ0) is 18.2. The van der Waals surface area contributed by atoms with Gasteiger partial charge in [0.1, 0.15) is 5.75 Å². The second-order valence-corrected chi connectivity index (χ2v) is 6.88. The third-order valence-corrected chi connectivity index (χ3v) is 4.62. The number of fused-ring (bicyclic) bond motifs is 1. The molecule has 1 aliphatic rings. The second kappa shape index (κ2) is 9.36. The Balaban J connectivity index is 1.26. The van der Waals surface area contributed by atoms with Crippen molar-refractivity contribution in [1.82, 2.24) is 15.0 Å². The third-order valence-electron chi connectivity index (χ3n) is 4.62. The summed E-state index contributed by atoms with van der Waals surface area (Å²) >= 11 is 0. The van der Waals surface area contributed by atoms with Crippen molar-refractivity contribution < 1.29 is 9.53 Å². The number of carbonyl (C=O) groups is 1. The number of carbonyl (C=O) groups excluding carboxylic acids is 1. The van der Waals surface area contributed by atoms with Gasteiger partial charge in [0.15, 0.2) is 0 Å². The minimum Gasteiger partial charge on any atom is -0.494 e. The second-order valence-electron chi connectivity index (χ2n) is 6.88. The molecule has 0 fully saturated rings. The van der Waals surface area contributed by atoms with Crippen LogP contribution >= 0.6 is 0 Å². The fourth-order valence-electron chi connectivity index (χ4n) is 3.14. The largest absolute Gasteiger partial charge is 0.494 e. The Hall–Kier alpha value is -2.37. The van der Waals surface area contributed by atoms with Crippen molar-refractivity contribution in [3.63, 3.8) is 0 Å². The van der Waals surface area contributed by atoms with Gasteiger partial charge in [-0.15, -0.1) is 5.10 Å². The maximum absolute atomic E-state index is 11.4. The molecule has 3 rings (SSSR count). The van der Waals surface area contributed by atoms with Crippen molar-refractivity contribution in [2.24, 2.45) is 0 Å². The Kier molecular flexibility index (Phi) is 6.63. The van der Waals surface area contributed by atoms with E-state index in [2.05, 4.69) is 28.7 Å². The summed E-state index contributed by atoms with van der Waals surface area (Å²) in [6.07, 6.45) is 10.4. The van der Waals surface area contributed by atoms with Crippen LogP contribution in [0.1, 0.15) is 56.7 Å². The first-order chi connectivity index (χ1) is 12.7. The summed E-state index contributed by atoms with van der Waals surface area (Å²) in [5.74, 6) is 0.907. The van der Waals surface area contributed by atoms with Gasteiger partial charge in [-0.1, -0.05) is 25.0 Å². The summed E-state index contributed by atoms with van der Waals surface area (Å²) in [5, 5.41) is 11.2. The van der Waals surface area contributed by atoms with Crippen LogP contribution in [-0.2, 0) is 24.2 Å². The van der Waals surface area contributed by atoms with Crippen LogP contribution in [0.2, 0.25) is 0 Å². The van der Waals surface area contributed by atoms with Crippen LogP contribution in [-0.4, -0.2) is 27.5 Å². The molecule has 0 saturated carbocycles. The Morgan fingerprint density at radius 3 is 2.96 bits per heavy atom. The Morgan fingerprint density at radius 1 is 1.19 bits per heavy atom. The first-order valence-corrected chi connectivity index (χ1v) is 9.69. The summed E-state index contributed by atoms with van der Waals surface area (Å²) in [7, 11) is 0. The van der Waals surface area contributed by atoms with Crippen LogP contribution in [0.3, 0.4) is 0 Å². The molecule has 1 amide bonds. The number of unbranched alkanes of at least 4 members (excludes halogenated alkanes) is 4. The van der Waals surface area contributed by atoms with Gasteiger partial charge in [-0.2, -0.15) is 0 Å². The lowest BCUT2D eigenvalue weighted by Gasteiger charge is -2.07. The zero-order valence-electron chi connectivity index (χ0n) is 15.5. The van der Waals surface area contributed by atoms with Crippen molar-refractivity contribution >= 4 is 11.6 Å². The molecular formula is C20H28N4O2. The molecule has 0 aliphatic carbocycles. The standard InChI is InChI=1S/C20H28N4O2/c1-2-3-8-17-15-24(23-22-17)11-6-4-5-7-12-26-18-9-10-19-16(13-18)14-20(25)21-19/h9-10,13,15H,2-8,11-12,14H2,1H3,(H,21,25). The fourth-order valence-corrected chi connectivity index (χ4v) is 3.14. The van der Waals surface area contributed by atoms with E-state index in [1.807, 2.05) is 22.9 Å². The molecule has 0 bridgehead atoms. The topological polar surface area (TPSA) is 69.0 Å². The maximum Gasteiger partial charge on any atom is 0.228 e. The molecule has 0 atom stereocenters. The van der Waals surface area contributed by atoms with Crippen molar-refractivity contribution in [3.8, 4) is 5.75 Å². The number of aromatic nitrogens is 3. The lowest BCUT2D eigenvalue weighted by molar-refractivity contribution is -0.115. The predicted octanol–water partition coefficient (Wildman–Crippen LogP) is 3.75. The number of amides is 1. The monoisotopic (exact) mass is 356 g/mol. The van der Waals surface area contributed by atoms with Gasteiger partial charge in [0.2, 0.25) is 5.91 Å². The van der Waals surface area contributed by atoms with E-state index < -0.39 is 0 Å². The Labute approximate surface area is 154 Å². The number of ether oxygens (including phenoxy) is 1. The summed E-state index contributed by atoms with van der Waals surface area (Å²) in [6.45, 7) is 3.84. The van der Waals surface area contributed by atoms with Gasteiger partial charge in [0.25, 0.3) is 0 Å². The van der Waals surface area contributed by atoms with Crippen molar-refractivity contribution in [2.75, 3.05) is 11.9 Å². The van der Waals surface area contributed by atoms with Crippen LogP contribution in [0.25, 0.3) is 0 Å². The molecule has 1 N–H and O–H groups in total. The normalized spacial score (nSPS) is 12.9. The highest BCUT2D eigenvalue weighted by Crippen LogP contribution is 2.27. The highest BCUT2D eigenvalue weighted by Gasteiger charge is 2.17. The molecular weight excluding hydrogens is 328 g/mol. The molecule has 0 saturated heterocycles. The average Bonchev–Trinajstić information content (AvgIpc) is 3.24. The molecule has 2 heterocycles. The first kappa shape index (κ1) is 18.4. The molecule has 2 aromatic rings. The van der Waals surface area contributed by atoms with Gasteiger partial charge in [0, 0.05) is 18.4 Å². The summed E-state index contributed by atoms with van der Waals surface area (Å²) in [6, 6.07) is 5.81. The van der Waals surface area contributed by atoms with E-state index in [1.54, 1.807) is 0 Å². The lowest BCUT2D eigenvalue weighted by Crippen LogP contribution is -2.03. The predicted molar refractivity (Wildman–Crippen MR) is 101 cm³/mol. The molecule has 1 aliphatic heterocycles. The van der Waals surface area contributed by atoms with E-state index in [4.69, 9.17) is 4.74 Å². The minimum absolute atomic E-state index is 0.0574. The van der Waals surface area contributed by atoms with E-state index in [0.29, 0.717) is 13.0 Å².